The van der Waals surface area contributed by atoms with Gasteiger partial charge in [0, 0.05) is 0 Å². The molecule has 0 radical (unpaired) electrons. The Morgan fingerprint density at radius 2 is 2.35 bits per heavy atom. The second-order valence-corrected chi connectivity index (χ2v) is 5.67. The Morgan fingerprint density at radius 1 is 1.45 bits per heavy atom. The predicted octanol–water partition coefficient (Wildman–Crippen LogP) is 3.17. The standard InChI is InChI=1S/C15H19N3OS/c1-2-8-16-15(14-10-17-20-18-14)11-4-3-5-13(9-11)19-12-6-7-12/h3-5,9-10,12,15-16H,2,6-8H2,1H3. The number of ether oxygens (including phenoxy) is 1. The Kier molecular flexibility index (Phi) is 4.28. The average Bonchev–Trinajstić information content (AvgIpc) is 3.11. The Hall–Kier alpha value is -1.46. The maximum atomic E-state index is 5.88. The summed E-state index contributed by atoms with van der Waals surface area (Å²) >= 11 is 1.25. The molecular formula is C15H19N3OS. The van der Waals surface area contributed by atoms with Gasteiger partial charge in [-0.05, 0) is 43.5 Å². The molecule has 1 aliphatic rings. The van der Waals surface area contributed by atoms with Crippen LogP contribution in [0.1, 0.15) is 43.5 Å². The maximum Gasteiger partial charge on any atom is 0.120 e. The third kappa shape index (κ3) is 3.35. The minimum Gasteiger partial charge on any atom is -0.490 e. The van der Waals surface area contributed by atoms with Gasteiger partial charge in [-0.15, -0.1) is 0 Å². The van der Waals surface area contributed by atoms with Gasteiger partial charge in [-0.25, -0.2) is 0 Å². The molecule has 4 nitrogen and oxygen atoms in total. The van der Waals surface area contributed by atoms with Gasteiger partial charge >= 0.3 is 0 Å². The Morgan fingerprint density at radius 3 is 3.05 bits per heavy atom. The molecule has 20 heavy (non-hydrogen) atoms. The first-order valence-electron chi connectivity index (χ1n) is 7.14. The fourth-order valence-electron chi connectivity index (χ4n) is 2.13. The number of aromatic nitrogens is 2. The highest BCUT2D eigenvalue weighted by atomic mass is 32.1. The van der Waals surface area contributed by atoms with Gasteiger partial charge in [0.05, 0.1) is 35.8 Å². The largest absolute Gasteiger partial charge is 0.490 e. The van der Waals surface area contributed by atoms with E-state index in [1.807, 2.05) is 18.3 Å². The van der Waals surface area contributed by atoms with E-state index in [1.165, 1.54) is 30.1 Å². The van der Waals surface area contributed by atoms with Gasteiger partial charge in [0.1, 0.15) is 5.75 Å². The van der Waals surface area contributed by atoms with E-state index in [9.17, 15) is 0 Å². The molecule has 0 aliphatic heterocycles. The molecule has 2 aromatic rings. The summed E-state index contributed by atoms with van der Waals surface area (Å²) in [4.78, 5) is 0. The smallest absolute Gasteiger partial charge is 0.120 e. The molecule has 106 valence electrons. The van der Waals surface area contributed by atoms with Crippen LogP contribution in [-0.2, 0) is 0 Å². The third-order valence-corrected chi connectivity index (χ3v) is 3.78. The van der Waals surface area contributed by atoms with E-state index in [0.29, 0.717) is 6.10 Å². The summed E-state index contributed by atoms with van der Waals surface area (Å²) in [6.45, 7) is 3.12. The number of nitrogens with one attached hydrogen (secondary N) is 1. The van der Waals surface area contributed by atoms with Crippen molar-refractivity contribution in [1.82, 2.24) is 14.1 Å². The molecule has 0 spiro atoms. The summed E-state index contributed by atoms with van der Waals surface area (Å²) in [5.74, 6) is 0.955. The Labute approximate surface area is 123 Å². The lowest BCUT2D eigenvalue weighted by atomic mass is 10.0. The van der Waals surface area contributed by atoms with Crippen molar-refractivity contribution in [2.24, 2.45) is 0 Å². The van der Waals surface area contributed by atoms with Crippen LogP contribution in [0.25, 0.3) is 0 Å². The highest BCUT2D eigenvalue weighted by molar-refractivity contribution is 6.99. The fraction of sp³-hybridized carbons (Fsp3) is 0.467. The summed E-state index contributed by atoms with van der Waals surface area (Å²) in [6, 6.07) is 8.40. The van der Waals surface area contributed by atoms with Crippen LogP contribution < -0.4 is 10.1 Å². The molecule has 3 rings (SSSR count). The van der Waals surface area contributed by atoms with E-state index in [0.717, 1.165) is 24.4 Å². The van der Waals surface area contributed by atoms with Crippen LogP contribution in [0, 0.1) is 0 Å². The van der Waals surface area contributed by atoms with Gasteiger partial charge in [-0.2, -0.15) is 8.75 Å². The fourth-order valence-corrected chi connectivity index (χ4v) is 2.58. The third-order valence-electron chi connectivity index (χ3n) is 3.29. The van der Waals surface area contributed by atoms with E-state index < -0.39 is 0 Å². The quantitative estimate of drug-likeness (QED) is 0.850. The minimum absolute atomic E-state index is 0.0939. The molecular weight excluding hydrogens is 270 g/mol. The maximum absolute atomic E-state index is 5.88. The van der Waals surface area contributed by atoms with E-state index in [2.05, 4.69) is 33.1 Å². The van der Waals surface area contributed by atoms with E-state index in [4.69, 9.17) is 4.74 Å². The van der Waals surface area contributed by atoms with Gasteiger partial charge in [0.25, 0.3) is 0 Å². The van der Waals surface area contributed by atoms with Crippen LogP contribution in [-0.4, -0.2) is 21.4 Å². The average molecular weight is 289 g/mol. The molecule has 0 amide bonds. The van der Waals surface area contributed by atoms with Crippen molar-refractivity contribution in [3.05, 3.63) is 41.7 Å². The molecule has 1 aliphatic carbocycles. The van der Waals surface area contributed by atoms with Crippen molar-refractivity contribution >= 4 is 11.7 Å². The predicted molar refractivity (Wildman–Crippen MR) is 80.1 cm³/mol. The highest BCUT2D eigenvalue weighted by Crippen LogP contribution is 2.29. The highest BCUT2D eigenvalue weighted by Gasteiger charge is 2.24. The van der Waals surface area contributed by atoms with Gasteiger partial charge in [0.15, 0.2) is 0 Å². The first-order valence-corrected chi connectivity index (χ1v) is 7.87. The SMILES string of the molecule is CCCNC(c1cccc(OC2CC2)c1)c1cnsn1. The zero-order chi connectivity index (χ0) is 13.8. The van der Waals surface area contributed by atoms with E-state index in [1.54, 1.807) is 0 Å². The summed E-state index contributed by atoms with van der Waals surface area (Å²) in [5.41, 5.74) is 2.16. The van der Waals surface area contributed by atoms with Crippen molar-refractivity contribution in [3.8, 4) is 5.75 Å². The molecule has 1 heterocycles. The van der Waals surface area contributed by atoms with Crippen LogP contribution >= 0.6 is 11.7 Å². The topological polar surface area (TPSA) is 47.0 Å². The van der Waals surface area contributed by atoms with Crippen molar-refractivity contribution in [2.45, 2.75) is 38.3 Å². The molecule has 0 bridgehead atoms. The first kappa shape index (κ1) is 13.5. The summed E-state index contributed by atoms with van der Waals surface area (Å²) < 4.78 is 14.4. The van der Waals surface area contributed by atoms with E-state index >= 15 is 0 Å². The van der Waals surface area contributed by atoms with Crippen molar-refractivity contribution in [1.29, 1.82) is 0 Å². The summed E-state index contributed by atoms with van der Waals surface area (Å²) in [5, 5.41) is 3.53. The number of rotatable bonds is 7. The number of nitrogens with zero attached hydrogens (tertiary/aromatic N) is 2. The van der Waals surface area contributed by atoms with Crippen molar-refractivity contribution in [3.63, 3.8) is 0 Å². The molecule has 1 N–H and O–H groups in total. The molecule has 1 fully saturated rings. The van der Waals surface area contributed by atoms with Crippen molar-refractivity contribution < 1.29 is 4.74 Å². The zero-order valence-corrected chi connectivity index (χ0v) is 12.4. The Balaban J connectivity index is 1.81. The number of hydrogen-bond donors (Lipinski definition) is 1. The molecule has 1 saturated carbocycles. The lowest BCUT2D eigenvalue weighted by molar-refractivity contribution is 0.302. The Bertz CT molecular complexity index is 540. The van der Waals surface area contributed by atoms with E-state index in [-0.39, 0.29) is 6.04 Å². The molecule has 1 aromatic heterocycles. The molecule has 5 heteroatoms. The van der Waals surface area contributed by atoms with Crippen LogP contribution in [0.4, 0.5) is 0 Å². The first-order chi connectivity index (χ1) is 9.86. The van der Waals surface area contributed by atoms with Crippen LogP contribution in [0.5, 0.6) is 5.75 Å². The van der Waals surface area contributed by atoms with Gasteiger partial charge in [-0.1, -0.05) is 19.1 Å². The van der Waals surface area contributed by atoms with Crippen LogP contribution in [0.2, 0.25) is 0 Å². The number of hydrogen-bond acceptors (Lipinski definition) is 5. The lowest BCUT2D eigenvalue weighted by Crippen LogP contribution is -2.23. The van der Waals surface area contributed by atoms with Crippen LogP contribution in [0.3, 0.4) is 0 Å². The van der Waals surface area contributed by atoms with Gasteiger partial charge in [0.2, 0.25) is 0 Å². The number of benzene rings is 1. The molecule has 1 atom stereocenters. The van der Waals surface area contributed by atoms with Gasteiger partial charge < -0.3 is 10.1 Å². The zero-order valence-electron chi connectivity index (χ0n) is 11.6. The van der Waals surface area contributed by atoms with Crippen LogP contribution in [0.15, 0.2) is 30.5 Å². The molecule has 1 unspecified atom stereocenters. The minimum atomic E-state index is 0.0939. The van der Waals surface area contributed by atoms with Crippen molar-refractivity contribution in [2.75, 3.05) is 6.54 Å². The molecule has 1 aromatic carbocycles. The summed E-state index contributed by atoms with van der Waals surface area (Å²) in [6.07, 6.45) is 5.71. The van der Waals surface area contributed by atoms with Gasteiger partial charge in [-0.3, -0.25) is 0 Å². The lowest BCUT2D eigenvalue weighted by Gasteiger charge is -2.17. The second-order valence-electron chi connectivity index (χ2n) is 5.11. The second kappa shape index (κ2) is 6.33. The molecule has 0 saturated heterocycles. The monoisotopic (exact) mass is 289 g/mol. The summed E-state index contributed by atoms with van der Waals surface area (Å²) in [7, 11) is 0. The normalized spacial score (nSPS) is 16.1.